The Labute approximate surface area is 177 Å². The largest absolute Gasteiger partial charge is 0.482 e. The van der Waals surface area contributed by atoms with Gasteiger partial charge in [0.1, 0.15) is 5.75 Å². The van der Waals surface area contributed by atoms with Crippen molar-refractivity contribution in [2.24, 2.45) is 5.92 Å². The summed E-state index contributed by atoms with van der Waals surface area (Å²) in [5.41, 5.74) is 1.01. The highest BCUT2D eigenvalue weighted by Gasteiger charge is 2.35. The molecule has 9 heteroatoms. The first-order valence-corrected chi connectivity index (χ1v) is 12.2. The third-order valence-corrected chi connectivity index (χ3v) is 8.24. The highest BCUT2D eigenvalue weighted by atomic mass is 32.2. The number of hydrogen-bond donors (Lipinski definition) is 2. The predicted molar refractivity (Wildman–Crippen MR) is 112 cm³/mol. The molecular weight excluding hydrogens is 406 g/mol. The average Bonchev–Trinajstić information content (AvgIpc) is 2.74. The van der Waals surface area contributed by atoms with Gasteiger partial charge in [-0.05, 0) is 44.2 Å². The minimum Gasteiger partial charge on any atom is -0.482 e. The van der Waals surface area contributed by atoms with Crippen molar-refractivity contribution in [2.45, 2.75) is 62.8 Å². The van der Waals surface area contributed by atoms with Gasteiger partial charge in [-0.15, -0.1) is 0 Å². The number of nitrogens with zero attached hydrogens (tertiary/aromatic N) is 1. The lowest BCUT2D eigenvalue weighted by Gasteiger charge is -2.33. The van der Waals surface area contributed by atoms with Gasteiger partial charge in [0.05, 0.1) is 16.5 Å². The maximum Gasteiger partial charge on any atom is 0.262 e. The van der Waals surface area contributed by atoms with E-state index in [9.17, 15) is 18.0 Å². The molecule has 4 rings (SSSR count). The van der Waals surface area contributed by atoms with Crippen molar-refractivity contribution < 1.29 is 22.7 Å². The van der Waals surface area contributed by atoms with Crippen molar-refractivity contribution in [1.82, 2.24) is 9.62 Å². The fraction of sp³-hybridized carbons (Fsp3) is 0.619. The summed E-state index contributed by atoms with van der Waals surface area (Å²) in [4.78, 5) is 24.4. The lowest BCUT2D eigenvalue weighted by molar-refractivity contribution is -0.127. The molecule has 164 valence electrons. The zero-order valence-corrected chi connectivity index (χ0v) is 18.1. The Kier molecular flexibility index (Phi) is 6.02. The fourth-order valence-corrected chi connectivity index (χ4v) is 6.32. The first-order valence-electron chi connectivity index (χ1n) is 10.7. The van der Waals surface area contributed by atoms with E-state index in [0.29, 0.717) is 36.4 Å². The van der Waals surface area contributed by atoms with E-state index < -0.39 is 10.0 Å². The van der Waals surface area contributed by atoms with Crippen LogP contribution in [0.5, 0.6) is 5.75 Å². The molecule has 1 aromatic rings. The van der Waals surface area contributed by atoms with E-state index in [0.717, 1.165) is 25.7 Å². The van der Waals surface area contributed by atoms with Gasteiger partial charge in [0, 0.05) is 25.2 Å². The van der Waals surface area contributed by atoms with Crippen LogP contribution >= 0.6 is 0 Å². The smallest absolute Gasteiger partial charge is 0.262 e. The number of ether oxygens (including phenoxy) is 1. The van der Waals surface area contributed by atoms with Crippen molar-refractivity contribution in [3.05, 3.63) is 17.7 Å². The first-order chi connectivity index (χ1) is 14.3. The Hall–Kier alpha value is -2.13. The number of amides is 2. The van der Waals surface area contributed by atoms with Crippen LogP contribution in [-0.2, 0) is 19.6 Å². The van der Waals surface area contributed by atoms with Crippen LogP contribution in [0.4, 0.5) is 5.69 Å². The summed E-state index contributed by atoms with van der Waals surface area (Å²) in [6.45, 7) is 2.15. The molecular formula is C21H29N3O5S. The number of nitrogens with one attached hydrogen (secondary N) is 2. The fourth-order valence-electron chi connectivity index (χ4n) is 4.57. The number of sulfonamides is 1. The van der Waals surface area contributed by atoms with Crippen LogP contribution in [-0.4, -0.2) is 50.3 Å². The monoisotopic (exact) mass is 435 g/mol. The number of benzene rings is 1. The summed E-state index contributed by atoms with van der Waals surface area (Å²) in [5.74, 6) is -0.276. The van der Waals surface area contributed by atoms with Crippen molar-refractivity contribution in [2.75, 3.05) is 25.0 Å². The first kappa shape index (κ1) is 21.1. The number of fused-ring (bicyclic) bond motifs is 1. The molecule has 1 aromatic carbocycles. The average molecular weight is 436 g/mol. The van der Waals surface area contributed by atoms with Crippen molar-refractivity contribution in [3.8, 4) is 5.75 Å². The molecule has 2 aliphatic heterocycles. The Bertz CT molecular complexity index is 940. The summed E-state index contributed by atoms with van der Waals surface area (Å²) < 4.78 is 33.5. The van der Waals surface area contributed by atoms with Crippen LogP contribution in [0.15, 0.2) is 17.0 Å². The molecule has 2 amide bonds. The third-order valence-electron chi connectivity index (χ3n) is 6.23. The van der Waals surface area contributed by atoms with Crippen molar-refractivity contribution >= 4 is 27.5 Å². The molecule has 3 aliphatic rings. The van der Waals surface area contributed by atoms with Crippen molar-refractivity contribution in [1.29, 1.82) is 0 Å². The van der Waals surface area contributed by atoms with Gasteiger partial charge in [0.15, 0.2) is 6.61 Å². The summed E-state index contributed by atoms with van der Waals surface area (Å²) in [5, 5.41) is 5.83. The second-order valence-electron chi connectivity index (χ2n) is 8.50. The zero-order valence-electron chi connectivity index (χ0n) is 17.3. The van der Waals surface area contributed by atoms with Crippen molar-refractivity contribution in [3.63, 3.8) is 0 Å². The van der Waals surface area contributed by atoms with Gasteiger partial charge in [-0.25, -0.2) is 8.42 Å². The molecule has 2 fully saturated rings. The molecule has 30 heavy (non-hydrogen) atoms. The van der Waals surface area contributed by atoms with Crippen LogP contribution in [0.25, 0.3) is 0 Å². The molecule has 2 heterocycles. The normalized spacial score (nSPS) is 23.2. The molecule has 1 atom stereocenters. The third kappa shape index (κ3) is 4.32. The highest BCUT2D eigenvalue weighted by Crippen LogP contribution is 2.35. The molecule has 1 saturated carbocycles. The van der Waals surface area contributed by atoms with Gasteiger partial charge in [0.2, 0.25) is 15.9 Å². The van der Waals surface area contributed by atoms with E-state index in [2.05, 4.69) is 10.6 Å². The summed E-state index contributed by atoms with van der Waals surface area (Å²) in [6.07, 6.45) is 6.85. The number of carbonyl (C=O) groups is 2. The minimum atomic E-state index is -3.78. The maximum atomic E-state index is 13.4. The van der Waals surface area contributed by atoms with Gasteiger partial charge < -0.3 is 15.4 Å². The lowest BCUT2D eigenvalue weighted by Crippen LogP contribution is -2.48. The minimum absolute atomic E-state index is 0.0324. The maximum absolute atomic E-state index is 13.4. The standard InChI is InChI=1S/C21H29N3O5S/c1-14-10-17-18(29-13-20(25)23-17)11-19(14)30(27,28)24-9-5-6-15(12-24)21(26)22-16-7-3-2-4-8-16/h10-11,15-16H,2-9,12-13H2,1H3,(H,22,26)(H,23,25). The molecule has 8 nitrogen and oxygen atoms in total. The Balaban J connectivity index is 1.50. The predicted octanol–water partition coefficient (Wildman–Crippen LogP) is 2.18. The number of hydrogen-bond acceptors (Lipinski definition) is 5. The SMILES string of the molecule is Cc1cc2c(cc1S(=O)(=O)N1CCCC(C(=O)NC3CCCCC3)C1)OCC(=O)N2. The van der Waals surface area contributed by atoms with E-state index in [1.807, 2.05) is 0 Å². The summed E-state index contributed by atoms with van der Waals surface area (Å²) in [7, 11) is -3.78. The Morgan fingerprint density at radius 2 is 1.93 bits per heavy atom. The Morgan fingerprint density at radius 1 is 1.17 bits per heavy atom. The van der Waals surface area contributed by atoms with E-state index in [1.165, 1.54) is 16.8 Å². The molecule has 1 aliphatic carbocycles. The Morgan fingerprint density at radius 3 is 2.70 bits per heavy atom. The molecule has 2 N–H and O–H groups in total. The molecule has 0 spiro atoms. The van der Waals surface area contributed by atoms with Gasteiger partial charge in [-0.3, -0.25) is 9.59 Å². The van der Waals surface area contributed by atoms with Gasteiger partial charge >= 0.3 is 0 Å². The zero-order chi connectivity index (χ0) is 21.3. The van der Waals surface area contributed by atoms with Gasteiger partial charge in [0.25, 0.3) is 5.91 Å². The molecule has 0 radical (unpaired) electrons. The molecule has 0 bridgehead atoms. The number of carbonyl (C=O) groups excluding carboxylic acids is 2. The molecule has 1 unspecified atom stereocenters. The quantitative estimate of drug-likeness (QED) is 0.754. The lowest BCUT2D eigenvalue weighted by atomic mass is 9.93. The van der Waals surface area contributed by atoms with Crippen LogP contribution < -0.4 is 15.4 Å². The van der Waals surface area contributed by atoms with E-state index >= 15 is 0 Å². The highest BCUT2D eigenvalue weighted by molar-refractivity contribution is 7.89. The number of aryl methyl sites for hydroxylation is 1. The second-order valence-corrected chi connectivity index (χ2v) is 10.4. The van der Waals surface area contributed by atoms with Crippen LogP contribution in [0.2, 0.25) is 0 Å². The second kappa shape index (κ2) is 8.55. The van der Waals surface area contributed by atoms with Crippen LogP contribution in [0.3, 0.4) is 0 Å². The topological polar surface area (TPSA) is 105 Å². The van der Waals surface area contributed by atoms with Crippen LogP contribution in [0.1, 0.15) is 50.5 Å². The number of piperidine rings is 1. The van der Waals surface area contributed by atoms with Crippen LogP contribution in [0, 0.1) is 12.8 Å². The van der Waals surface area contributed by atoms with E-state index in [1.54, 1.807) is 13.0 Å². The molecule has 0 aromatic heterocycles. The van der Waals surface area contributed by atoms with E-state index in [-0.39, 0.29) is 41.8 Å². The van der Waals surface area contributed by atoms with Gasteiger partial charge in [-0.1, -0.05) is 19.3 Å². The number of rotatable bonds is 4. The molecule has 1 saturated heterocycles. The van der Waals surface area contributed by atoms with Gasteiger partial charge in [-0.2, -0.15) is 4.31 Å². The number of anilines is 1. The summed E-state index contributed by atoms with van der Waals surface area (Å²) >= 11 is 0. The van der Waals surface area contributed by atoms with E-state index in [4.69, 9.17) is 4.74 Å². The summed E-state index contributed by atoms with van der Waals surface area (Å²) in [6, 6.07) is 3.32.